The first-order chi connectivity index (χ1) is 17.8. The van der Waals surface area contributed by atoms with Crippen LogP contribution in [0.3, 0.4) is 0 Å². The smallest absolute Gasteiger partial charge is 0.327 e. The Kier molecular flexibility index (Phi) is 9.98. The number of nitrogens with zero attached hydrogens (tertiary/aromatic N) is 5. The Morgan fingerprint density at radius 2 is 1.78 bits per heavy atom. The van der Waals surface area contributed by atoms with E-state index in [0.29, 0.717) is 30.3 Å². The van der Waals surface area contributed by atoms with Crippen LogP contribution in [0.1, 0.15) is 25.2 Å². The van der Waals surface area contributed by atoms with Gasteiger partial charge in [-0.1, -0.05) is 31.3 Å². The fraction of sp³-hybridized carbons (Fsp3) is 0.400. The highest BCUT2D eigenvalue weighted by atomic mass is 32.2. The molecule has 200 valence electrons. The highest BCUT2D eigenvalue weighted by molar-refractivity contribution is 7.91. The van der Waals surface area contributed by atoms with Crippen molar-refractivity contribution in [2.24, 2.45) is 0 Å². The van der Waals surface area contributed by atoms with Crippen molar-refractivity contribution in [2.45, 2.75) is 31.5 Å². The number of thiazole rings is 1. The lowest BCUT2D eigenvalue weighted by atomic mass is 10.2. The fourth-order valence-electron chi connectivity index (χ4n) is 3.57. The highest BCUT2D eigenvalue weighted by Gasteiger charge is 2.29. The van der Waals surface area contributed by atoms with Crippen molar-refractivity contribution >= 4 is 43.9 Å². The number of carbonyl (C=O) groups excluding carboxylic acids is 1. The average Bonchev–Trinajstić information content (AvgIpc) is 3.33. The third-order valence-electron chi connectivity index (χ3n) is 5.58. The van der Waals surface area contributed by atoms with Gasteiger partial charge < -0.3 is 15.0 Å². The quantitative estimate of drug-likeness (QED) is 0.473. The van der Waals surface area contributed by atoms with Gasteiger partial charge >= 0.3 is 6.03 Å². The summed E-state index contributed by atoms with van der Waals surface area (Å²) < 4.78 is 33.0. The van der Waals surface area contributed by atoms with Crippen LogP contribution in [-0.2, 0) is 21.3 Å². The van der Waals surface area contributed by atoms with Gasteiger partial charge in [0.2, 0.25) is 0 Å². The van der Waals surface area contributed by atoms with Gasteiger partial charge in [0.15, 0.2) is 9.34 Å². The summed E-state index contributed by atoms with van der Waals surface area (Å²) in [4.78, 5) is 24.9. The molecule has 2 amide bonds. The van der Waals surface area contributed by atoms with Gasteiger partial charge in [-0.05, 0) is 43.3 Å². The summed E-state index contributed by atoms with van der Waals surface area (Å²) in [7, 11) is -0.744. The number of urea groups is 1. The van der Waals surface area contributed by atoms with E-state index in [1.807, 2.05) is 44.2 Å². The van der Waals surface area contributed by atoms with Gasteiger partial charge in [-0.25, -0.2) is 18.2 Å². The Morgan fingerprint density at radius 3 is 2.41 bits per heavy atom. The molecule has 0 radical (unpaired) electrons. The normalized spacial score (nSPS) is 13.6. The first-order valence-corrected chi connectivity index (χ1v) is 14.3. The number of sulfonamides is 1. The third-order valence-corrected chi connectivity index (χ3v) is 9.21. The van der Waals surface area contributed by atoms with Crippen LogP contribution in [0.4, 0.5) is 21.3 Å². The zero-order chi connectivity index (χ0) is 27.0. The molecule has 0 spiro atoms. The molecule has 12 heteroatoms. The van der Waals surface area contributed by atoms with Crippen molar-refractivity contribution in [1.29, 1.82) is 0 Å². The highest BCUT2D eigenvalue weighted by Crippen LogP contribution is 2.32. The second-order valence-corrected chi connectivity index (χ2v) is 11.3. The summed E-state index contributed by atoms with van der Waals surface area (Å²) in [5, 5.41) is 3.12. The van der Waals surface area contributed by atoms with E-state index >= 15 is 0 Å². The van der Waals surface area contributed by atoms with Gasteiger partial charge in [0.25, 0.3) is 10.0 Å². The fourth-order valence-corrected chi connectivity index (χ4v) is 6.36. The summed E-state index contributed by atoms with van der Waals surface area (Å²) >= 11 is 0.959. The summed E-state index contributed by atoms with van der Waals surface area (Å²) in [5.41, 5.74) is 2.68. The Hall–Kier alpha value is -3.06. The molecule has 10 nitrogen and oxygen atoms in total. The molecule has 1 aliphatic rings. The van der Waals surface area contributed by atoms with Crippen molar-refractivity contribution in [3.8, 4) is 0 Å². The van der Waals surface area contributed by atoms with E-state index < -0.39 is 16.1 Å². The number of anilines is 3. The van der Waals surface area contributed by atoms with E-state index in [2.05, 4.69) is 20.2 Å². The Labute approximate surface area is 223 Å². The molecule has 1 fully saturated rings. The minimum atomic E-state index is -3.80. The molecule has 0 atom stereocenters. The van der Waals surface area contributed by atoms with Crippen LogP contribution in [0, 0.1) is 6.92 Å². The Balaban J connectivity index is 0.00000186. The van der Waals surface area contributed by atoms with Gasteiger partial charge in [-0.3, -0.25) is 9.88 Å². The molecule has 1 N–H and O–H groups in total. The lowest BCUT2D eigenvalue weighted by Gasteiger charge is -2.29. The topological polar surface area (TPSA) is 108 Å². The number of benzene rings is 1. The van der Waals surface area contributed by atoms with Gasteiger partial charge in [0.1, 0.15) is 0 Å². The van der Waals surface area contributed by atoms with Crippen LogP contribution in [0.2, 0.25) is 0 Å². The molecule has 3 heterocycles. The molecule has 0 bridgehead atoms. The van der Waals surface area contributed by atoms with Crippen molar-refractivity contribution in [2.75, 3.05) is 55.5 Å². The minimum Gasteiger partial charge on any atom is -0.378 e. The van der Waals surface area contributed by atoms with E-state index in [-0.39, 0.29) is 15.9 Å². The van der Waals surface area contributed by atoms with Crippen LogP contribution in [0.25, 0.3) is 0 Å². The number of nitrogens with one attached hydrogen (secondary N) is 1. The number of hydrogen-bond acceptors (Lipinski definition) is 8. The number of aromatic nitrogens is 2. The van der Waals surface area contributed by atoms with Crippen LogP contribution >= 0.6 is 11.3 Å². The van der Waals surface area contributed by atoms with Gasteiger partial charge in [0.05, 0.1) is 31.1 Å². The van der Waals surface area contributed by atoms with E-state index in [0.717, 1.165) is 30.1 Å². The van der Waals surface area contributed by atoms with Crippen molar-refractivity contribution in [3.05, 3.63) is 60.0 Å². The molecular formula is C25H34N6O4S2. The van der Waals surface area contributed by atoms with Gasteiger partial charge in [-0.15, -0.1) is 0 Å². The SMILES string of the molecule is CC.Cc1nc(N(C)C(=O)Nc2ccc(N3CCOCC3)cc2)sc1S(=O)(=O)N(C)Cc1ccccn1. The monoisotopic (exact) mass is 546 g/mol. The van der Waals surface area contributed by atoms with Crippen molar-refractivity contribution in [1.82, 2.24) is 14.3 Å². The van der Waals surface area contributed by atoms with E-state index in [4.69, 9.17) is 4.74 Å². The van der Waals surface area contributed by atoms with E-state index in [1.54, 1.807) is 32.3 Å². The second-order valence-electron chi connectivity index (χ2n) is 8.09. The summed E-state index contributed by atoms with van der Waals surface area (Å²) in [5.74, 6) is 0. The zero-order valence-electron chi connectivity index (χ0n) is 21.8. The number of ether oxygens (including phenoxy) is 1. The summed E-state index contributed by atoms with van der Waals surface area (Å²) in [6.45, 7) is 8.82. The number of amides is 2. The zero-order valence-corrected chi connectivity index (χ0v) is 23.5. The van der Waals surface area contributed by atoms with Crippen LogP contribution in [0.5, 0.6) is 0 Å². The van der Waals surface area contributed by atoms with Crippen molar-refractivity contribution < 1.29 is 17.9 Å². The number of carbonyl (C=O) groups is 1. The van der Waals surface area contributed by atoms with Gasteiger partial charge in [-0.2, -0.15) is 4.31 Å². The molecule has 1 saturated heterocycles. The maximum atomic E-state index is 13.2. The number of aryl methyl sites for hydroxylation is 1. The molecule has 0 aliphatic carbocycles. The minimum absolute atomic E-state index is 0.0976. The number of morpholine rings is 1. The predicted molar refractivity (Wildman–Crippen MR) is 148 cm³/mol. The molecule has 2 aromatic heterocycles. The summed E-state index contributed by atoms with van der Waals surface area (Å²) in [6, 6.07) is 12.5. The first-order valence-electron chi connectivity index (χ1n) is 12.1. The molecule has 3 aromatic rings. The Morgan fingerprint density at radius 1 is 1.11 bits per heavy atom. The number of pyridine rings is 1. The van der Waals surface area contributed by atoms with E-state index in [1.165, 1.54) is 16.3 Å². The molecule has 1 aromatic carbocycles. The lowest BCUT2D eigenvalue weighted by Crippen LogP contribution is -2.36. The van der Waals surface area contributed by atoms with Gasteiger partial charge in [0, 0.05) is 44.8 Å². The van der Waals surface area contributed by atoms with Crippen LogP contribution in [-0.4, -0.2) is 69.1 Å². The number of hydrogen-bond donors (Lipinski definition) is 1. The molecule has 0 saturated carbocycles. The first kappa shape index (κ1) is 28.5. The van der Waals surface area contributed by atoms with Crippen LogP contribution < -0.4 is 15.1 Å². The standard InChI is InChI=1S/C23H28N6O4S2.C2H6/c1-17-21(35(31,32)27(2)16-19-6-4-5-11-24-19)34-23(25-17)28(3)22(30)26-18-7-9-20(10-8-18)29-12-14-33-15-13-29;1-2/h4-11H,12-16H2,1-3H3,(H,26,30);1-2H3. The lowest BCUT2D eigenvalue weighted by molar-refractivity contribution is 0.122. The molecule has 4 rings (SSSR count). The largest absolute Gasteiger partial charge is 0.378 e. The van der Waals surface area contributed by atoms with Crippen LogP contribution in [0.15, 0.2) is 52.9 Å². The van der Waals surface area contributed by atoms with E-state index in [9.17, 15) is 13.2 Å². The number of rotatable bonds is 7. The molecule has 0 unspecified atom stereocenters. The maximum Gasteiger partial charge on any atom is 0.327 e. The molecule has 37 heavy (non-hydrogen) atoms. The molecule has 1 aliphatic heterocycles. The average molecular weight is 547 g/mol. The summed E-state index contributed by atoms with van der Waals surface area (Å²) in [6.07, 6.45) is 1.62. The Bertz CT molecular complexity index is 1260. The molecular weight excluding hydrogens is 512 g/mol. The third kappa shape index (κ3) is 7.04. The maximum absolute atomic E-state index is 13.2. The predicted octanol–water partition coefficient (Wildman–Crippen LogP) is 4.20. The second kappa shape index (κ2) is 13.0. The van der Waals surface area contributed by atoms with Crippen molar-refractivity contribution in [3.63, 3.8) is 0 Å².